The molecule has 2 nitrogen and oxygen atoms in total. The maximum absolute atomic E-state index is 3.58. The van der Waals surface area contributed by atoms with Gasteiger partial charge in [0.05, 0.1) is 0 Å². The van der Waals surface area contributed by atoms with Crippen LogP contribution in [0.25, 0.3) is 10.9 Å². The lowest BCUT2D eigenvalue weighted by Crippen LogP contribution is -2.15. The lowest BCUT2D eigenvalue weighted by molar-refractivity contribution is 0.688. The summed E-state index contributed by atoms with van der Waals surface area (Å²) in [5.41, 5.74) is 4.09. The average Bonchev–Trinajstić information content (AvgIpc) is 3.00. The highest BCUT2D eigenvalue weighted by atomic mass is 32.1. The van der Waals surface area contributed by atoms with Gasteiger partial charge in [-0.05, 0) is 64.4 Å². The van der Waals surface area contributed by atoms with Crippen LogP contribution in [0.3, 0.4) is 0 Å². The highest BCUT2D eigenvalue weighted by Gasteiger charge is 2.19. The van der Waals surface area contributed by atoms with Gasteiger partial charge in [0.1, 0.15) is 0 Å². The number of benzene rings is 1. The molecule has 0 unspecified atom stereocenters. The third-order valence-corrected chi connectivity index (χ3v) is 4.67. The van der Waals surface area contributed by atoms with Gasteiger partial charge in [-0.3, -0.25) is 0 Å². The molecule has 2 aromatic heterocycles. The molecule has 0 atom stereocenters. The van der Waals surface area contributed by atoms with E-state index in [0.717, 1.165) is 19.1 Å². The van der Waals surface area contributed by atoms with Crippen molar-refractivity contribution in [2.45, 2.75) is 32.0 Å². The molecule has 3 heteroatoms. The minimum absolute atomic E-state index is 0.772. The van der Waals surface area contributed by atoms with Crippen LogP contribution < -0.4 is 5.32 Å². The summed E-state index contributed by atoms with van der Waals surface area (Å²) in [4.78, 5) is 0. The molecule has 2 heterocycles. The van der Waals surface area contributed by atoms with E-state index in [2.05, 4.69) is 57.2 Å². The van der Waals surface area contributed by atoms with Crippen molar-refractivity contribution < 1.29 is 0 Å². The van der Waals surface area contributed by atoms with E-state index >= 15 is 0 Å². The Hall–Kier alpha value is -1.58. The highest BCUT2D eigenvalue weighted by molar-refractivity contribution is 7.07. The van der Waals surface area contributed by atoms with Crippen molar-refractivity contribution in [3.8, 4) is 0 Å². The predicted molar refractivity (Wildman–Crippen MR) is 85.2 cm³/mol. The fraction of sp³-hybridized carbons (Fsp3) is 0.294. The number of fused-ring (bicyclic) bond motifs is 1. The van der Waals surface area contributed by atoms with Gasteiger partial charge in [-0.25, -0.2) is 0 Å². The molecule has 0 amide bonds. The van der Waals surface area contributed by atoms with E-state index in [4.69, 9.17) is 0 Å². The predicted octanol–water partition coefficient (Wildman–Crippen LogP) is 4.00. The Balaban J connectivity index is 1.57. The van der Waals surface area contributed by atoms with Crippen molar-refractivity contribution in [3.63, 3.8) is 0 Å². The molecule has 0 saturated heterocycles. The number of rotatable bonds is 5. The molecule has 0 bridgehead atoms. The summed E-state index contributed by atoms with van der Waals surface area (Å²) >= 11 is 1.76. The van der Waals surface area contributed by atoms with Crippen LogP contribution >= 0.6 is 11.3 Å². The van der Waals surface area contributed by atoms with Gasteiger partial charge in [-0.1, -0.05) is 6.07 Å². The smallest absolute Gasteiger partial charge is 0.0484 e. The SMILES string of the molecule is c1cc(Cn2ccc3cc(CNC4CC4)ccc32)cs1. The molecule has 1 N–H and O–H groups in total. The zero-order chi connectivity index (χ0) is 13.4. The molecule has 1 aromatic carbocycles. The first-order chi connectivity index (χ1) is 9.88. The number of aromatic nitrogens is 1. The maximum atomic E-state index is 3.58. The zero-order valence-electron chi connectivity index (χ0n) is 11.4. The van der Waals surface area contributed by atoms with Gasteiger partial charge in [0.2, 0.25) is 0 Å². The summed E-state index contributed by atoms with van der Waals surface area (Å²) in [6.07, 6.45) is 4.89. The van der Waals surface area contributed by atoms with Gasteiger partial charge in [0.25, 0.3) is 0 Å². The summed E-state index contributed by atoms with van der Waals surface area (Å²) in [6, 6.07) is 12.0. The fourth-order valence-corrected chi connectivity index (χ4v) is 3.29. The van der Waals surface area contributed by atoms with E-state index in [9.17, 15) is 0 Å². The van der Waals surface area contributed by atoms with E-state index in [0.29, 0.717) is 0 Å². The van der Waals surface area contributed by atoms with Crippen molar-refractivity contribution >= 4 is 22.2 Å². The van der Waals surface area contributed by atoms with Crippen LogP contribution in [0.4, 0.5) is 0 Å². The van der Waals surface area contributed by atoms with Crippen LogP contribution in [0.15, 0.2) is 47.3 Å². The molecular weight excluding hydrogens is 264 g/mol. The summed E-state index contributed by atoms with van der Waals surface area (Å²) in [6.45, 7) is 1.96. The lowest BCUT2D eigenvalue weighted by Gasteiger charge is -2.06. The van der Waals surface area contributed by atoms with Gasteiger partial charge >= 0.3 is 0 Å². The molecule has 0 spiro atoms. The van der Waals surface area contributed by atoms with Crippen molar-refractivity contribution in [3.05, 3.63) is 58.4 Å². The van der Waals surface area contributed by atoms with Crippen LogP contribution in [0.2, 0.25) is 0 Å². The standard InChI is InChI=1S/C17H18N2S/c1-4-17-15(9-13(1)10-18-16-2-3-16)5-7-19(17)11-14-6-8-20-12-14/h1,4-9,12,16,18H,2-3,10-11H2. The normalized spacial score (nSPS) is 15.0. The van der Waals surface area contributed by atoms with Gasteiger partial charge in [-0.2, -0.15) is 11.3 Å². The molecule has 1 aliphatic carbocycles. The van der Waals surface area contributed by atoms with Crippen molar-refractivity contribution in [2.75, 3.05) is 0 Å². The molecule has 3 aromatic rings. The molecule has 0 aliphatic heterocycles. The van der Waals surface area contributed by atoms with Crippen molar-refractivity contribution in [2.24, 2.45) is 0 Å². The van der Waals surface area contributed by atoms with Crippen molar-refractivity contribution in [1.29, 1.82) is 0 Å². The van der Waals surface area contributed by atoms with E-state index in [1.54, 1.807) is 11.3 Å². The minimum Gasteiger partial charge on any atom is -0.343 e. The Labute approximate surface area is 123 Å². The number of thiophene rings is 1. The number of nitrogens with zero attached hydrogens (tertiary/aromatic N) is 1. The quantitative estimate of drug-likeness (QED) is 0.748. The van der Waals surface area contributed by atoms with Crippen LogP contribution in [0.5, 0.6) is 0 Å². The molecule has 1 fully saturated rings. The minimum atomic E-state index is 0.772. The Morgan fingerprint density at radius 3 is 2.90 bits per heavy atom. The first-order valence-electron chi connectivity index (χ1n) is 7.21. The van der Waals surface area contributed by atoms with E-state index < -0.39 is 0 Å². The lowest BCUT2D eigenvalue weighted by atomic mass is 10.1. The summed E-state index contributed by atoms with van der Waals surface area (Å²) in [5.74, 6) is 0. The first-order valence-corrected chi connectivity index (χ1v) is 8.15. The van der Waals surface area contributed by atoms with E-state index in [-0.39, 0.29) is 0 Å². The molecule has 1 saturated carbocycles. The Bertz CT molecular complexity index is 708. The molecule has 102 valence electrons. The molecule has 20 heavy (non-hydrogen) atoms. The molecule has 1 aliphatic rings. The second-order valence-corrected chi connectivity index (χ2v) is 6.40. The van der Waals surface area contributed by atoms with Gasteiger partial charge in [0, 0.05) is 30.8 Å². The zero-order valence-corrected chi connectivity index (χ0v) is 12.2. The molecular formula is C17H18N2S. The van der Waals surface area contributed by atoms with E-state index in [1.165, 1.54) is 34.9 Å². The third-order valence-electron chi connectivity index (χ3n) is 3.94. The largest absolute Gasteiger partial charge is 0.343 e. The Kier molecular flexibility index (Phi) is 3.09. The van der Waals surface area contributed by atoms with Crippen LogP contribution in [0.1, 0.15) is 24.0 Å². The second-order valence-electron chi connectivity index (χ2n) is 5.62. The van der Waals surface area contributed by atoms with Crippen molar-refractivity contribution in [1.82, 2.24) is 9.88 Å². The first kappa shape index (κ1) is 12.2. The summed E-state index contributed by atoms with van der Waals surface area (Å²) in [5, 5.41) is 9.28. The summed E-state index contributed by atoms with van der Waals surface area (Å²) < 4.78 is 2.33. The number of hydrogen-bond acceptors (Lipinski definition) is 2. The van der Waals surface area contributed by atoms with E-state index in [1.807, 2.05) is 0 Å². The average molecular weight is 282 g/mol. The topological polar surface area (TPSA) is 17.0 Å². The Morgan fingerprint density at radius 2 is 2.10 bits per heavy atom. The summed E-state index contributed by atoms with van der Waals surface area (Å²) in [7, 11) is 0. The second kappa shape index (κ2) is 5.08. The third kappa shape index (κ3) is 2.51. The monoisotopic (exact) mass is 282 g/mol. The van der Waals surface area contributed by atoms with Gasteiger partial charge in [-0.15, -0.1) is 0 Å². The van der Waals surface area contributed by atoms with Gasteiger partial charge in [0.15, 0.2) is 0 Å². The number of hydrogen-bond donors (Lipinski definition) is 1. The molecule has 0 radical (unpaired) electrons. The van der Waals surface area contributed by atoms with Crippen LogP contribution in [-0.2, 0) is 13.1 Å². The maximum Gasteiger partial charge on any atom is 0.0484 e. The molecule has 4 rings (SSSR count). The van der Waals surface area contributed by atoms with Gasteiger partial charge < -0.3 is 9.88 Å². The Morgan fingerprint density at radius 1 is 1.15 bits per heavy atom. The highest BCUT2D eigenvalue weighted by Crippen LogP contribution is 2.22. The number of nitrogens with one attached hydrogen (secondary N) is 1. The van der Waals surface area contributed by atoms with Crippen LogP contribution in [-0.4, -0.2) is 10.6 Å². The fourth-order valence-electron chi connectivity index (χ4n) is 2.63. The van der Waals surface area contributed by atoms with Crippen LogP contribution in [0, 0.1) is 0 Å².